The third kappa shape index (κ3) is 4.87. The Labute approximate surface area is 71.3 Å². The van der Waals surface area contributed by atoms with Gasteiger partial charge in [0, 0.05) is 24.8 Å². The zero-order chi connectivity index (χ0) is 7.82. The van der Waals surface area contributed by atoms with Crippen LogP contribution in [0.2, 0.25) is 0 Å². The molecule has 0 spiro atoms. The molecule has 0 heterocycles. The Kier molecular flexibility index (Phi) is 7.16. The molecule has 10 heavy (non-hydrogen) atoms. The molecule has 0 aliphatic carbocycles. The Morgan fingerprint density at radius 3 is 2.00 bits per heavy atom. The normalized spacial score (nSPS) is 9.80. The Balaban J connectivity index is 3.42. The SMILES string of the molecule is N#CCN(CCCl)CCCl. The molecule has 0 radical (unpaired) electrons. The van der Waals surface area contributed by atoms with Crippen molar-refractivity contribution in [3.63, 3.8) is 0 Å². The molecule has 58 valence electrons. The second-order valence-corrected chi connectivity index (χ2v) is 2.57. The van der Waals surface area contributed by atoms with Gasteiger partial charge in [0.1, 0.15) is 0 Å². The van der Waals surface area contributed by atoms with Crippen LogP contribution >= 0.6 is 23.2 Å². The number of alkyl halides is 2. The van der Waals surface area contributed by atoms with Gasteiger partial charge in [-0.15, -0.1) is 23.2 Å². The fraction of sp³-hybridized carbons (Fsp3) is 0.833. The van der Waals surface area contributed by atoms with E-state index >= 15 is 0 Å². The molecular formula is C6H10Cl2N2. The van der Waals surface area contributed by atoms with Crippen molar-refractivity contribution >= 4 is 23.2 Å². The highest BCUT2D eigenvalue weighted by Crippen LogP contribution is 1.89. The van der Waals surface area contributed by atoms with E-state index in [9.17, 15) is 0 Å². The smallest absolute Gasteiger partial charge is 0.0866 e. The van der Waals surface area contributed by atoms with Gasteiger partial charge in [-0.05, 0) is 0 Å². The Morgan fingerprint density at radius 2 is 1.70 bits per heavy atom. The van der Waals surface area contributed by atoms with E-state index in [2.05, 4.69) is 0 Å². The Morgan fingerprint density at radius 1 is 1.20 bits per heavy atom. The Bertz CT molecular complexity index is 105. The lowest BCUT2D eigenvalue weighted by Gasteiger charge is -2.14. The molecule has 0 atom stereocenters. The van der Waals surface area contributed by atoms with E-state index in [-0.39, 0.29) is 0 Å². The third-order valence-electron chi connectivity index (χ3n) is 1.10. The van der Waals surface area contributed by atoms with Crippen LogP contribution in [0.5, 0.6) is 0 Å². The van der Waals surface area contributed by atoms with Gasteiger partial charge >= 0.3 is 0 Å². The van der Waals surface area contributed by atoms with Crippen molar-refractivity contribution in [3.05, 3.63) is 0 Å². The molecule has 0 unspecified atom stereocenters. The number of hydrogen-bond donors (Lipinski definition) is 0. The molecule has 0 rings (SSSR count). The summed E-state index contributed by atoms with van der Waals surface area (Å²) in [5, 5.41) is 8.31. The first-order valence-corrected chi connectivity index (χ1v) is 4.13. The molecule has 0 aromatic carbocycles. The van der Waals surface area contributed by atoms with E-state index < -0.39 is 0 Å². The largest absolute Gasteiger partial charge is 0.288 e. The lowest BCUT2D eigenvalue weighted by Crippen LogP contribution is -2.28. The summed E-state index contributed by atoms with van der Waals surface area (Å²) in [5.74, 6) is 1.11. The summed E-state index contributed by atoms with van der Waals surface area (Å²) in [7, 11) is 0. The van der Waals surface area contributed by atoms with Crippen molar-refractivity contribution in [2.45, 2.75) is 0 Å². The second-order valence-electron chi connectivity index (χ2n) is 1.81. The third-order valence-corrected chi connectivity index (χ3v) is 1.43. The first kappa shape index (κ1) is 10.0. The maximum absolute atomic E-state index is 8.31. The minimum atomic E-state index is 0.416. The van der Waals surface area contributed by atoms with Crippen LogP contribution in [-0.2, 0) is 0 Å². The fourth-order valence-electron chi connectivity index (χ4n) is 0.609. The van der Waals surface area contributed by atoms with Crippen LogP contribution in [0.3, 0.4) is 0 Å². The van der Waals surface area contributed by atoms with E-state index in [1.807, 2.05) is 11.0 Å². The predicted octanol–water partition coefficient (Wildman–Crippen LogP) is 1.29. The topological polar surface area (TPSA) is 27.0 Å². The van der Waals surface area contributed by atoms with Gasteiger partial charge in [-0.1, -0.05) is 0 Å². The van der Waals surface area contributed by atoms with Crippen LogP contribution in [0.4, 0.5) is 0 Å². The van der Waals surface area contributed by atoms with Gasteiger partial charge in [-0.25, -0.2) is 0 Å². The van der Waals surface area contributed by atoms with Gasteiger partial charge in [-0.2, -0.15) is 5.26 Å². The van der Waals surface area contributed by atoms with Crippen LogP contribution in [0.15, 0.2) is 0 Å². The summed E-state index contributed by atoms with van der Waals surface area (Å²) < 4.78 is 0. The minimum absolute atomic E-state index is 0.416. The highest BCUT2D eigenvalue weighted by molar-refractivity contribution is 6.18. The average molecular weight is 181 g/mol. The number of rotatable bonds is 5. The van der Waals surface area contributed by atoms with Gasteiger partial charge < -0.3 is 0 Å². The standard InChI is InChI=1S/C6H10Cl2N2/c7-1-4-10(5-2-8)6-3-9/h1-2,4-6H2. The zero-order valence-corrected chi connectivity index (χ0v) is 7.20. The monoisotopic (exact) mass is 180 g/mol. The Hall–Kier alpha value is 0.0300. The summed E-state index contributed by atoms with van der Waals surface area (Å²) >= 11 is 10.9. The van der Waals surface area contributed by atoms with Gasteiger partial charge in [0.25, 0.3) is 0 Å². The van der Waals surface area contributed by atoms with Crippen LogP contribution in [0, 0.1) is 11.3 Å². The molecule has 0 aromatic rings. The van der Waals surface area contributed by atoms with Crippen molar-refractivity contribution < 1.29 is 0 Å². The molecule has 2 nitrogen and oxygen atoms in total. The van der Waals surface area contributed by atoms with Crippen LogP contribution < -0.4 is 0 Å². The molecule has 0 saturated heterocycles. The zero-order valence-electron chi connectivity index (χ0n) is 5.69. The van der Waals surface area contributed by atoms with E-state index in [0.29, 0.717) is 18.3 Å². The van der Waals surface area contributed by atoms with Crippen molar-refractivity contribution in [1.29, 1.82) is 5.26 Å². The highest BCUT2D eigenvalue weighted by Gasteiger charge is 2.00. The van der Waals surface area contributed by atoms with Gasteiger partial charge in [-0.3, -0.25) is 4.90 Å². The molecule has 0 aromatic heterocycles. The molecule has 0 saturated carbocycles. The number of halogens is 2. The summed E-state index contributed by atoms with van der Waals surface area (Å²) in [4.78, 5) is 1.92. The molecular weight excluding hydrogens is 171 g/mol. The van der Waals surface area contributed by atoms with E-state index in [4.69, 9.17) is 28.5 Å². The van der Waals surface area contributed by atoms with Crippen LogP contribution in [0.25, 0.3) is 0 Å². The molecule has 0 bridgehead atoms. The van der Waals surface area contributed by atoms with Crippen molar-refractivity contribution in [2.24, 2.45) is 0 Å². The number of hydrogen-bond acceptors (Lipinski definition) is 2. The van der Waals surface area contributed by atoms with Gasteiger partial charge in [0.05, 0.1) is 12.6 Å². The van der Waals surface area contributed by atoms with E-state index in [0.717, 1.165) is 13.1 Å². The predicted molar refractivity (Wildman–Crippen MR) is 43.5 cm³/mol. The van der Waals surface area contributed by atoms with Crippen molar-refractivity contribution in [3.8, 4) is 6.07 Å². The maximum atomic E-state index is 8.31. The van der Waals surface area contributed by atoms with Crippen molar-refractivity contribution in [1.82, 2.24) is 4.90 Å². The van der Waals surface area contributed by atoms with Gasteiger partial charge in [0.15, 0.2) is 0 Å². The van der Waals surface area contributed by atoms with E-state index in [1.165, 1.54) is 0 Å². The highest BCUT2D eigenvalue weighted by atomic mass is 35.5. The first-order chi connectivity index (χ1) is 4.85. The average Bonchev–Trinajstić information content (AvgIpc) is 1.90. The summed E-state index contributed by atoms with van der Waals surface area (Å²) in [6.45, 7) is 1.89. The maximum Gasteiger partial charge on any atom is 0.0866 e. The molecule has 0 fully saturated rings. The second kappa shape index (κ2) is 7.14. The summed E-state index contributed by atoms with van der Waals surface area (Å²) in [5.41, 5.74) is 0. The van der Waals surface area contributed by atoms with Gasteiger partial charge in [0.2, 0.25) is 0 Å². The summed E-state index contributed by atoms with van der Waals surface area (Å²) in [6, 6.07) is 2.05. The lowest BCUT2D eigenvalue weighted by molar-refractivity contribution is 0.345. The molecule has 0 aliphatic rings. The summed E-state index contributed by atoms with van der Waals surface area (Å²) in [6.07, 6.45) is 0. The first-order valence-electron chi connectivity index (χ1n) is 3.06. The van der Waals surface area contributed by atoms with Crippen LogP contribution in [0.1, 0.15) is 0 Å². The fourth-order valence-corrected chi connectivity index (χ4v) is 1.09. The quantitative estimate of drug-likeness (QED) is 0.472. The molecule has 0 amide bonds. The minimum Gasteiger partial charge on any atom is -0.288 e. The van der Waals surface area contributed by atoms with Crippen LogP contribution in [-0.4, -0.2) is 36.3 Å². The number of nitriles is 1. The molecule has 0 aliphatic heterocycles. The lowest BCUT2D eigenvalue weighted by atomic mass is 10.5. The van der Waals surface area contributed by atoms with Crippen molar-refractivity contribution in [2.75, 3.05) is 31.4 Å². The number of nitrogens with zero attached hydrogens (tertiary/aromatic N) is 2. The van der Waals surface area contributed by atoms with E-state index in [1.54, 1.807) is 0 Å². The molecule has 4 heteroatoms. The molecule has 0 N–H and O–H groups in total.